The normalized spacial score (nSPS) is 20.4. The minimum atomic E-state index is 0.100. The Morgan fingerprint density at radius 1 is 1.12 bits per heavy atom. The highest BCUT2D eigenvalue weighted by molar-refractivity contribution is 6.30. The molecule has 176 valence electrons. The van der Waals surface area contributed by atoms with Gasteiger partial charge in [0.05, 0.1) is 18.6 Å². The number of carbonyl (C=O) groups is 1. The van der Waals surface area contributed by atoms with Gasteiger partial charge in [-0.2, -0.15) is 0 Å². The largest absolute Gasteiger partial charge is 0.329 e. The van der Waals surface area contributed by atoms with Crippen LogP contribution in [0.1, 0.15) is 48.9 Å². The van der Waals surface area contributed by atoms with Crippen molar-refractivity contribution in [2.45, 2.75) is 45.2 Å². The van der Waals surface area contributed by atoms with Crippen LogP contribution in [0.3, 0.4) is 0 Å². The maximum absolute atomic E-state index is 12.8. The molecule has 5 rings (SSSR count). The number of anilines is 1. The summed E-state index contributed by atoms with van der Waals surface area (Å²) in [6.45, 7) is 5.51. The standard InChI is InChI=1S/C28H31ClN4O/c1-2-21-6-11-24(14-21)23-9-7-22(8-10-23)17-32-20-30-16-27(32)18-31-12-13-33(28(34)19-31)26-5-3-4-25(29)15-26/h2-5,7-10,15-16,20,24H,6,11-14,17-19H2,1H3. The average molecular weight is 475 g/mol. The van der Waals surface area contributed by atoms with Crippen molar-refractivity contribution < 1.29 is 4.79 Å². The zero-order valence-corrected chi connectivity index (χ0v) is 20.4. The van der Waals surface area contributed by atoms with Crippen molar-refractivity contribution in [1.29, 1.82) is 0 Å². The van der Waals surface area contributed by atoms with Crippen molar-refractivity contribution >= 4 is 23.2 Å². The first-order valence-electron chi connectivity index (χ1n) is 12.1. The predicted molar refractivity (Wildman–Crippen MR) is 137 cm³/mol. The number of imidazole rings is 1. The number of allylic oxidation sites excluding steroid dienone is 2. The van der Waals surface area contributed by atoms with Gasteiger partial charge in [-0.3, -0.25) is 9.69 Å². The number of hydrogen-bond acceptors (Lipinski definition) is 3. The SMILES string of the molecule is CC=C1CCC(c2ccc(Cn3cncc3CN3CCN(c4cccc(Cl)c4)C(=O)C3)cc2)C1. The lowest BCUT2D eigenvalue weighted by molar-refractivity contribution is -0.121. The summed E-state index contributed by atoms with van der Waals surface area (Å²) >= 11 is 6.11. The van der Waals surface area contributed by atoms with Gasteiger partial charge < -0.3 is 9.47 Å². The van der Waals surface area contributed by atoms with Crippen LogP contribution in [0.5, 0.6) is 0 Å². The molecule has 1 saturated carbocycles. The minimum absolute atomic E-state index is 0.100. The lowest BCUT2D eigenvalue weighted by Gasteiger charge is -2.34. The van der Waals surface area contributed by atoms with E-state index in [1.165, 1.54) is 30.4 Å². The summed E-state index contributed by atoms with van der Waals surface area (Å²) in [5.74, 6) is 0.760. The smallest absolute Gasteiger partial charge is 0.241 e. The van der Waals surface area contributed by atoms with E-state index < -0.39 is 0 Å². The Bertz CT molecular complexity index is 1180. The van der Waals surface area contributed by atoms with E-state index in [9.17, 15) is 4.79 Å². The van der Waals surface area contributed by atoms with E-state index in [1.54, 1.807) is 5.57 Å². The summed E-state index contributed by atoms with van der Waals surface area (Å²) < 4.78 is 2.19. The van der Waals surface area contributed by atoms with Crippen LogP contribution in [0.2, 0.25) is 5.02 Å². The Morgan fingerprint density at radius 2 is 1.97 bits per heavy atom. The van der Waals surface area contributed by atoms with Gasteiger partial charge in [-0.25, -0.2) is 4.98 Å². The van der Waals surface area contributed by atoms with Crippen molar-refractivity contribution in [2.75, 3.05) is 24.5 Å². The molecule has 1 aliphatic carbocycles. The third kappa shape index (κ3) is 5.11. The molecule has 0 N–H and O–H groups in total. The van der Waals surface area contributed by atoms with E-state index in [0.717, 1.165) is 24.5 Å². The lowest BCUT2D eigenvalue weighted by Crippen LogP contribution is -2.50. The van der Waals surface area contributed by atoms with Gasteiger partial charge in [-0.1, -0.05) is 53.6 Å². The molecule has 1 saturated heterocycles. The number of piperazine rings is 1. The number of benzene rings is 2. The van der Waals surface area contributed by atoms with E-state index in [0.29, 0.717) is 30.6 Å². The molecule has 0 radical (unpaired) electrons. The Hall–Kier alpha value is -2.89. The molecule has 2 heterocycles. The third-order valence-electron chi connectivity index (χ3n) is 7.14. The van der Waals surface area contributed by atoms with Crippen LogP contribution < -0.4 is 4.90 Å². The van der Waals surface area contributed by atoms with Crippen molar-refractivity contribution in [1.82, 2.24) is 14.5 Å². The first-order valence-corrected chi connectivity index (χ1v) is 12.5. The molecule has 2 aliphatic rings. The molecule has 5 nitrogen and oxygen atoms in total. The quantitative estimate of drug-likeness (QED) is 0.433. The van der Waals surface area contributed by atoms with Crippen LogP contribution >= 0.6 is 11.6 Å². The maximum Gasteiger partial charge on any atom is 0.241 e. The fourth-order valence-corrected chi connectivity index (χ4v) is 5.33. The molecule has 0 spiro atoms. The van der Waals surface area contributed by atoms with E-state index in [2.05, 4.69) is 51.7 Å². The van der Waals surface area contributed by atoms with E-state index in [4.69, 9.17) is 11.6 Å². The Morgan fingerprint density at radius 3 is 2.71 bits per heavy atom. The maximum atomic E-state index is 12.8. The predicted octanol–water partition coefficient (Wildman–Crippen LogP) is 5.65. The lowest BCUT2D eigenvalue weighted by atomic mass is 9.96. The van der Waals surface area contributed by atoms with Gasteiger partial charge in [0.25, 0.3) is 0 Å². The highest BCUT2D eigenvalue weighted by Gasteiger charge is 2.26. The van der Waals surface area contributed by atoms with Crippen molar-refractivity contribution in [3.05, 3.63) is 94.5 Å². The van der Waals surface area contributed by atoms with Crippen LogP contribution in [0.25, 0.3) is 0 Å². The molecule has 0 bridgehead atoms. The van der Waals surface area contributed by atoms with E-state index in [1.807, 2.05) is 41.7 Å². The highest BCUT2D eigenvalue weighted by Crippen LogP contribution is 2.37. The number of carbonyl (C=O) groups excluding carboxylic acids is 1. The Balaban J connectivity index is 1.19. The molecule has 1 amide bonds. The second kappa shape index (κ2) is 10.2. The van der Waals surface area contributed by atoms with E-state index >= 15 is 0 Å². The molecule has 3 aromatic rings. The molecule has 6 heteroatoms. The number of nitrogens with zero attached hydrogens (tertiary/aromatic N) is 4. The molecule has 1 aromatic heterocycles. The summed E-state index contributed by atoms with van der Waals surface area (Å²) in [5.41, 5.74) is 6.30. The first kappa shape index (κ1) is 22.9. The number of amides is 1. The van der Waals surface area contributed by atoms with Crippen molar-refractivity contribution in [3.63, 3.8) is 0 Å². The summed E-state index contributed by atoms with van der Waals surface area (Å²) in [5, 5.41) is 0.649. The Kier molecular flexibility index (Phi) is 6.84. The topological polar surface area (TPSA) is 41.4 Å². The molecular weight excluding hydrogens is 444 g/mol. The van der Waals surface area contributed by atoms with Gasteiger partial charge in [0, 0.05) is 43.1 Å². The Labute approximate surface area is 206 Å². The number of aromatic nitrogens is 2. The van der Waals surface area contributed by atoms with Gasteiger partial charge >= 0.3 is 0 Å². The molecular formula is C28H31ClN4O. The van der Waals surface area contributed by atoms with Crippen LogP contribution in [0.15, 0.2) is 72.7 Å². The first-order chi connectivity index (χ1) is 16.6. The van der Waals surface area contributed by atoms with Gasteiger partial charge in [0.15, 0.2) is 0 Å². The fraction of sp³-hybridized carbons (Fsp3) is 0.357. The van der Waals surface area contributed by atoms with Crippen LogP contribution in [0, 0.1) is 0 Å². The highest BCUT2D eigenvalue weighted by atomic mass is 35.5. The molecule has 2 aromatic carbocycles. The van der Waals surface area contributed by atoms with E-state index in [-0.39, 0.29) is 5.91 Å². The van der Waals surface area contributed by atoms with Crippen LogP contribution in [-0.2, 0) is 17.9 Å². The van der Waals surface area contributed by atoms with Crippen LogP contribution in [0.4, 0.5) is 5.69 Å². The molecule has 1 unspecified atom stereocenters. The molecule has 2 fully saturated rings. The average Bonchev–Trinajstić information content (AvgIpc) is 3.49. The second-order valence-corrected chi connectivity index (χ2v) is 9.81. The van der Waals surface area contributed by atoms with Gasteiger partial charge in [-0.05, 0) is 61.4 Å². The third-order valence-corrected chi connectivity index (χ3v) is 7.37. The number of rotatable bonds is 6. The summed E-state index contributed by atoms with van der Waals surface area (Å²) in [4.78, 5) is 21.2. The van der Waals surface area contributed by atoms with Gasteiger partial charge in [0.2, 0.25) is 5.91 Å². The van der Waals surface area contributed by atoms with Crippen LogP contribution in [-0.4, -0.2) is 40.0 Å². The number of halogens is 1. The molecule has 1 atom stereocenters. The molecule has 34 heavy (non-hydrogen) atoms. The molecule has 1 aliphatic heterocycles. The minimum Gasteiger partial charge on any atom is -0.329 e. The summed E-state index contributed by atoms with van der Waals surface area (Å²) in [6, 6.07) is 16.6. The van der Waals surface area contributed by atoms with Gasteiger partial charge in [-0.15, -0.1) is 0 Å². The summed E-state index contributed by atoms with van der Waals surface area (Å²) in [6.07, 6.45) is 9.78. The van der Waals surface area contributed by atoms with Crippen molar-refractivity contribution in [3.8, 4) is 0 Å². The van der Waals surface area contributed by atoms with Gasteiger partial charge in [0.1, 0.15) is 0 Å². The van der Waals surface area contributed by atoms with Crippen molar-refractivity contribution in [2.24, 2.45) is 0 Å². The fourth-order valence-electron chi connectivity index (χ4n) is 5.14. The zero-order valence-electron chi connectivity index (χ0n) is 19.7. The summed E-state index contributed by atoms with van der Waals surface area (Å²) in [7, 11) is 0. The monoisotopic (exact) mass is 474 g/mol. The zero-order chi connectivity index (χ0) is 23.5. The number of hydrogen-bond donors (Lipinski definition) is 0. The second-order valence-electron chi connectivity index (χ2n) is 9.38.